The van der Waals surface area contributed by atoms with Crippen molar-refractivity contribution in [1.29, 1.82) is 0 Å². The Labute approximate surface area is 172 Å². The second-order valence-corrected chi connectivity index (χ2v) is 8.16. The molecule has 2 aromatic rings. The predicted octanol–water partition coefficient (Wildman–Crippen LogP) is 1.78. The van der Waals surface area contributed by atoms with Crippen molar-refractivity contribution in [3.63, 3.8) is 0 Å². The molecular weight excluding hydrogens is 416 g/mol. The fourth-order valence-electron chi connectivity index (χ4n) is 2.81. The maximum Gasteiger partial charge on any atom is 0.270 e. The fraction of sp³-hybridized carbons (Fsp3) is 0.278. The molecule has 1 aliphatic rings. The van der Waals surface area contributed by atoms with Gasteiger partial charge in [-0.25, -0.2) is 8.42 Å². The summed E-state index contributed by atoms with van der Waals surface area (Å²) >= 11 is 0. The highest BCUT2D eigenvalue weighted by atomic mass is 32.2. The number of hydrogen-bond donors (Lipinski definition) is 2. The number of non-ortho nitro benzene ring substituents is 1. The Bertz CT molecular complexity index is 1070. The van der Waals surface area contributed by atoms with Crippen LogP contribution >= 0.6 is 0 Å². The van der Waals surface area contributed by atoms with Gasteiger partial charge in [-0.05, 0) is 29.8 Å². The molecule has 2 aromatic carbocycles. The van der Waals surface area contributed by atoms with E-state index in [0.717, 1.165) is 6.07 Å². The van der Waals surface area contributed by atoms with E-state index >= 15 is 0 Å². The minimum Gasteiger partial charge on any atom is -0.504 e. The van der Waals surface area contributed by atoms with Crippen molar-refractivity contribution in [3.8, 4) is 11.5 Å². The molecule has 0 unspecified atom stereocenters. The maximum absolute atomic E-state index is 13.0. The van der Waals surface area contributed by atoms with Gasteiger partial charge < -0.3 is 14.6 Å². The Kier molecular flexibility index (Phi) is 6.50. The predicted molar refractivity (Wildman–Crippen MR) is 109 cm³/mol. The Morgan fingerprint density at radius 3 is 2.67 bits per heavy atom. The summed E-state index contributed by atoms with van der Waals surface area (Å²) in [6.45, 7) is 0.803. The van der Waals surface area contributed by atoms with Gasteiger partial charge in [0.05, 0.1) is 37.1 Å². The third-order valence-electron chi connectivity index (χ3n) is 4.37. The summed E-state index contributed by atoms with van der Waals surface area (Å²) < 4.78 is 37.5. The van der Waals surface area contributed by atoms with Gasteiger partial charge in [-0.2, -0.15) is 9.41 Å². The summed E-state index contributed by atoms with van der Waals surface area (Å²) in [5, 5.41) is 24.8. The van der Waals surface area contributed by atoms with E-state index in [1.54, 1.807) is 12.1 Å². The van der Waals surface area contributed by atoms with E-state index in [1.807, 2.05) is 0 Å². The van der Waals surface area contributed by atoms with E-state index in [0.29, 0.717) is 5.56 Å². The number of sulfonamides is 1. The van der Waals surface area contributed by atoms with Crippen LogP contribution in [0.4, 0.5) is 11.4 Å². The van der Waals surface area contributed by atoms with Gasteiger partial charge >= 0.3 is 0 Å². The first-order valence-corrected chi connectivity index (χ1v) is 10.3. The number of nitrogens with one attached hydrogen (secondary N) is 1. The minimum atomic E-state index is -4.00. The average molecular weight is 436 g/mol. The molecule has 2 N–H and O–H groups in total. The lowest BCUT2D eigenvalue weighted by Crippen LogP contribution is -2.40. The van der Waals surface area contributed by atoms with Gasteiger partial charge in [0.15, 0.2) is 11.5 Å². The Hall–Kier alpha value is -3.22. The van der Waals surface area contributed by atoms with Gasteiger partial charge in [-0.1, -0.05) is 0 Å². The van der Waals surface area contributed by atoms with Crippen LogP contribution in [0.2, 0.25) is 0 Å². The van der Waals surface area contributed by atoms with Gasteiger partial charge in [-0.15, -0.1) is 0 Å². The van der Waals surface area contributed by atoms with Crippen LogP contribution < -0.4 is 10.2 Å². The van der Waals surface area contributed by atoms with Crippen molar-refractivity contribution >= 4 is 27.6 Å². The number of ether oxygens (including phenoxy) is 2. The van der Waals surface area contributed by atoms with Crippen molar-refractivity contribution in [2.45, 2.75) is 4.90 Å². The van der Waals surface area contributed by atoms with Gasteiger partial charge in [0.1, 0.15) is 4.90 Å². The van der Waals surface area contributed by atoms with Crippen molar-refractivity contribution in [2.75, 3.05) is 38.8 Å². The number of methoxy groups -OCH3 is 1. The first kappa shape index (κ1) is 21.5. The molecule has 0 spiro atoms. The first-order valence-electron chi connectivity index (χ1n) is 8.85. The van der Waals surface area contributed by atoms with Gasteiger partial charge in [-0.3, -0.25) is 15.5 Å². The molecule has 30 heavy (non-hydrogen) atoms. The summed E-state index contributed by atoms with van der Waals surface area (Å²) in [4.78, 5) is 10.2. The number of anilines is 1. The average Bonchev–Trinajstić information content (AvgIpc) is 2.75. The third-order valence-corrected chi connectivity index (χ3v) is 6.30. The van der Waals surface area contributed by atoms with Crippen molar-refractivity contribution < 1.29 is 27.9 Å². The van der Waals surface area contributed by atoms with E-state index in [-0.39, 0.29) is 54.1 Å². The van der Waals surface area contributed by atoms with E-state index < -0.39 is 14.9 Å². The molecule has 0 atom stereocenters. The quantitative estimate of drug-likeness (QED) is 0.380. The van der Waals surface area contributed by atoms with Gasteiger partial charge in [0, 0.05) is 25.2 Å². The number of morpholine rings is 1. The van der Waals surface area contributed by atoms with Gasteiger partial charge in [0.25, 0.3) is 5.69 Å². The second-order valence-electron chi connectivity index (χ2n) is 6.26. The SMILES string of the molecule is COc1cc(C=NNc2ccc([N+](=O)[O-])cc2S(=O)(=O)N2CCOCC2)ccc1O. The smallest absolute Gasteiger partial charge is 0.270 e. The van der Waals surface area contributed by atoms with Crippen molar-refractivity contribution in [1.82, 2.24) is 4.31 Å². The molecule has 0 aliphatic carbocycles. The summed E-state index contributed by atoms with van der Waals surface area (Å²) in [7, 11) is -2.59. The number of aromatic hydroxyl groups is 1. The van der Waals surface area contributed by atoms with Crippen LogP contribution in [-0.2, 0) is 14.8 Å². The molecule has 1 heterocycles. The largest absolute Gasteiger partial charge is 0.504 e. The van der Waals surface area contributed by atoms with Crippen LogP contribution in [0.1, 0.15) is 5.56 Å². The highest BCUT2D eigenvalue weighted by Gasteiger charge is 2.30. The molecule has 3 rings (SSSR count). The number of nitrogens with zero attached hydrogens (tertiary/aromatic N) is 3. The summed E-state index contributed by atoms with van der Waals surface area (Å²) in [5.41, 5.74) is 2.96. The number of phenolic OH excluding ortho intramolecular Hbond substituents is 1. The molecular formula is C18H20N4O7S. The number of rotatable bonds is 7. The number of hydrazone groups is 1. The lowest BCUT2D eigenvalue weighted by molar-refractivity contribution is -0.385. The van der Waals surface area contributed by atoms with Crippen LogP contribution in [-0.4, -0.2) is 62.4 Å². The standard InChI is InChI=1S/C18H20N4O7S/c1-28-17-10-13(2-5-16(17)23)12-19-20-15-4-3-14(22(24)25)11-18(15)30(26,27)21-6-8-29-9-7-21/h2-5,10-12,20,23H,6-9H2,1H3. The van der Waals surface area contributed by atoms with E-state index in [9.17, 15) is 23.6 Å². The fourth-order valence-corrected chi connectivity index (χ4v) is 4.38. The lowest BCUT2D eigenvalue weighted by atomic mass is 10.2. The van der Waals surface area contributed by atoms with E-state index in [1.165, 1.54) is 35.8 Å². The lowest BCUT2D eigenvalue weighted by Gasteiger charge is -2.26. The molecule has 1 saturated heterocycles. The van der Waals surface area contributed by atoms with Crippen molar-refractivity contribution in [3.05, 3.63) is 52.1 Å². The highest BCUT2D eigenvalue weighted by molar-refractivity contribution is 7.89. The zero-order chi connectivity index (χ0) is 21.7. The van der Waals surface area contributed by atoms with Crippen LogP contribution in [0, 0.1) is 10.1 Å². The van der Waals surface area contributed by atoms with Crippen LogP contribution in [0.3, 0.4) is 0 Å². The number of nitro groups is 1. The molecule has 160 valence electrons. The van der Waals surface area contributed by atoms with Crippen LogP contribution in [0.25, 0.3) is 0 Å². The van der Waals surface area contributed by atoms with Crippen molar-refractivity contribution in [2.24, 2.45) is 5.10 Å². The second kappa shape index (κ2) is 9.07. The Balaban J connectivity index is 1.91. The van der Waals surface area contributed by atoms with Crippen LogP contribution in [0.5, 0.6) is 11.5 Å². The molecule has 0 saturated carbocycles. The molecule has 1 fully saturated rings. The molecule has 0 bridgehead atoms. The van der Waals surface area contributed by atoms with Gasteiger partial charge in [0.2, 0.25) is 10.0 Å². The molecule has 0 aromatic heterocycles. The monoisotopic (exact) mass is 436 g/mol. The topological polar surface area (TPSA) is 144 Å². The zero-order valence-corrected chi connectivity index (χ0v) is 16.8. The summed E-state index contributed by atoms with van der Waals surface area (Å²) in [6, 6.07) is 8.05. The zero-order valence-electron chi connectivity index (χ0n) is 16.0. The number of nitro benzene ring substituents is 1. The van der Waals surface area contributed by atoms with Crippen LogP contribution in [0.15, 0.2) is 46.4 Å². The number of phenols is 1. The molecule has 1 aliphatic heterocycles. The van der Waals surface area contributed by atoms with E-state index in [4.69, 9.17) is 9.47 Å². The molecule has 11 nitrogen and oxygen atoms in total. The van der Waals surface area contributed by atoms with E-state index in [2.05, 4.69) is 10.5 Å². The third kappa shape index (κ3) is 4.67. The molecule has 0 radical (unpaired) electrons. The molecule has 12 heteroatoms. The maximum atomic E-state index is 13.0. The Morgan fingerprint density at radius 1 is 1.27 bits per heavy atom. The normalized spacial score (nSPS) is 15.2. The summed E-state index contributed by atoms with van der Waals surface area (Å²) in [6.07, 6.45) is 1.40. The highest BCUT2D eigenvalue weighted by Crippen LogP contribution is 2.30. The number of benzene rings is 2. The number of hydrogen-bond acceptors (Lipinski definition) is 9. The Morgan fingerprint density at radius 2 is 2.00 bits per heavy atom. The minimum absolute atomic E-state index is 0.0307. The molecule has 0 amide bonds. The first-order chi connectivity index (χ1) is 14.3. The summed E-state index contributed by atoms with van der Waals surface area (Å²) in [5.74, 6) is 0.224.